The summed E-state index contributed by atoms with van der Waals surface area (Å²) in [6.07, 6.45) is 0. The molecule has 0 fully saturated rings. The number of nitrogens with zero attached hydrogens (tertiary/aromatic N) is 1. The first-order valence-electron chi connectivity index (χ1n) is 6.32. The van der Waals surface area contributed by atoms with Crippen molar-refractivity contribution in [3.63, 3.8) is 0 Å². The van der Waals surface area contributed by atoms with E-state index in [4.69, 9.17) is 23.2 Å². The predicted molar refractivity (Wildman–Crippen MR) is 81.4 cm³/mol. The maximum absolute atomic E-state index is 13.2. The van der Waals surface area contributed by atoms with Gasteiger partial charge in [-0.05, 0) is 35.7 Å². The largest absolute Gasteiger partial charge is 0.351 e. The highest BCUT2D eigenvalue weighted by Gasteiger charge is 2.11. The fourth-order valence-corrected chi connectivity index (χ4v) is 2.34. The van der Waals surface area contributed by atoms with Crippen molar-refractivity contribution >= 4 is 29.1 Å². The number of halogens is 3. The van der Waals surface area contributed by atoms with Crippen LogP contribution >= 0.6 is 23.2 Å². The zero-order valence-corrected chi connectivity index (χ0v) is 12.7. The average molecular weight is 327 g/mol. The minimum Gasteiger partial charge on any atom is -0.351 e. The smallest absolute Gasteiger partial charge is 0.251 e. The van der Waals surface area contributed by atoms with E-state index in [0.717, 1.165) is 5.56 Å². The second-order valence-corrected chi connectivity index (χ2v) is 5.44. The monoisotopic (exact) mass is 326 g/mol. The third kappa shape index (κ3) is 4.41. The summed E-state index contributed by atoms with van der Waals surface area (Å²) in [4.78, 5) is 15.8. The van der Waals surface area contributed by atoms with E-state index in [1.165, 1.54) is 24.3 Å². The molecule has 110 valence electrons. The first-order valence-corrected chi connectivity index (χ1v) is 7.08. The van der Waals surface area contributed by atoms with Gasteiger partial charge in [0.05, 0.1) is 0 Å². The van der Waals surface area contributed by atoms with Crippen molar-refractivity contribution < 1.29 is 9.18 Å². The highest BCUT2D eigenvalue weighted by molar-refractivity contribution is 6.33. The van der Waals surface area contributed by atoms with Crippen molar-refractivity contribution in [2.24, 2.45) is 0 Å². The topological polar surface area (TPSA) is 42.0 Å². The van der Waals surface area contributed by atoms with Crippen molar-refractivity contribution in [2.75, 3.05) is 6.54 Å². The van der Waals surface area contributed by atoms with E-state index in [0.29, 0.717) is 12.1 Å². The van der Waals surface area contributed by atoms with Crippen molar-refractivity contribution in [3.05, 3.63) is 63.6 Å². The Morgan fingerprint density at radius 2 is 1.95 bits per heavy atom. The molecule has 21 heavy (non-hydrogen) atoms. The summed E-state index contributed by atoms with van der Waals surface area (Å²) in [5, 5.41) is 3.08. The Morgan fingerprint density at radius 1 is 1.29 bits per heavy atom. The van der Waals surface area contributed by atoms with Gasteiger partial charge in [0.15, 0.2) is 0 Å². The molecule has 2 aromatic rings. The van der Waals surface area contributed by atoms with Crippen molar-refractivity contribution in [2.45, 2.75) is 12.8 Å². The van der Waals surface area contributed by atoms with Crippen LogP contribution in [0.15, 0.2) is 36.4 Å². The van der Waals surface area contributed by atoms with Crippen LogP contribution in [0.2, 0.25) is 10.3 Å². The van der Waals surface area contributed by atoms with Gasteiger partial charge in [-0.1, -0.05) is 42.3 Å². The van der Waals surface area contributed by atoms with Gasteiger partial charge in [-0.15, -0.1) is 0 Å². The number of benzene rings is 1. The molecule has 0 bridgehead atoms. The van der Waals surface area contributed by atoms with Crippen LogP contribution in [0, 0.1) is 5.82 Å². The molecule has 6 heteroatoms. The van der Waals surface area contributed by atoms with E-state index in [9.17, 15) is 9.18 Å². The van der Waals surface area contributed by atoms with E-state index < -0.39 is 0 Å². The highest BCUT2D eigenvalue weighted by Crippen LogP contribution is 2.17. The van der Waals surface area contributed by atoms with Gasteiger partial charge in [0.2, 0.25) is 0 Å². The molecular formula is C15H13Cl2FN2O. The van der Waals surface area contributed by atoms with Gasteiger partial charge in [0.25, 0.3) is 5.91 Å². The second-order valence-electron chi connectivity index (χ2n) is 4.67. The number of hydrogen-bond donors (Lipinski definition) is 1. The molecule has 1 N–H and O–H groups in total. The van der Waals surface area contributed by atoms with Gasteiger partial charge in [-0.2, -0.15) is 0 Å². The summed E-state index contributed by atoms with van der Waals surface area (Å²) in [5.41, 5.74) is 1.16. The molecule has 1 amide bonds. The number of aromatic nitrogens is 1. The minimum absolute atomic E-state index is 0.0163. The lowest BCUT2D eigenvalue weighted by Gasteiger charge is -2.13. The van der Waals surface area contributed by atoms with Gasteiger partial charge in [0, 0.05) is 12.1 Å². The molecule has 2 rings (SSSR count). The SMILES string of the molecule is CC(CNC(=O)c1cc(Cl)nc(Cl)c1)c1cccc(F)c1. The van der Waals surface area contributed by atoms with Crippen molar-refractivity contribution in [1.29, 1.82) is 0 Å². The molecule has 1 heterocycles. The number of rotatable bonds is 4. The molecule has 0 radical (unpaired) electrons. The normalized spacial score (nSPS) is 12.0. The van der Waals surface area contributed by atoms with Crippen LogP contribution in [0.4, 0.5) is 4.39 Å². The zero-order chi connectivity index (χ0) is 15.4. The molecule has 0 aliphatic carbocycles. The molecule has 0 aliphatic heterocycles. The summed E-state index contributed by atoms with van der Waals surface area (Å²) >= 11 is 11.5. The number of hydrogen-bond acceptors (Lipinski definition) is 2. The zero-order valence-electron chi connectivity index (χ0n) is 11.2. The Balaban J connectivity index is 2.00. The molecule has 0 spiro atoms. The quantitative estimate of drug-likeness (QED) is 0.861. The highest BCUT2D eigenvalue weighted by atomic mass is 35.5. The molecule has 1 aromatic heterocycles. The predicted octanol–water partition coefficient (Wildman–Crippen LogP) is 4.06. The lowest BCUT2D eigenvalue weighted by Crippen LogP contribution is -2.27. The van der Waals surface area contributed by atoms with E-state index in [1.54, 1.807) is 6.07 Å². The Kier molecular flexibility index (Phi) is 5.15. The van der Waals surface area contributed by atoms with Crippen LogP contribution in [-0.4, -0.2) is 17.4 Å². The van der Waals surface area contributed by atoms with Gasteiger partial charge in [-0.3, -0.25) is 4.79 Å². The van der Waals surface area contributed by atoms with Crippen LogP contribution in [0.5, 0.6) is 0 Å². The molecular weight excluding hydrogens is 314 g/mol. The van der Waals surface area contributed by atoms with Crippen molar-refractivity contribution in [1.82, 2.24) is 10.3 Å². The lowest BCUT2D eigenvalue weighted by molar-refractivity contribution is 0.0951. The number of pyridine rings is 1. The van der Waals surface area contributed by atoms with Gasteiger partial charge in [0.1, 0.15) is 16.1 Å². The summed E-state index contributed by atoms with van der Waals surface area (Å²) in [6, 6.07) is 9.18. The van der Waals surface area contributed by atoms with Gasteiger partial charge >= 0.3 is 0 Å². The van der Waals surface area contributed by atoms with E-state index in [1.807, 2.05) is 13.0 Å². The number of carbonyl (C=O) groups is 1. The van der Waals surface area contributed by atoms with Crippen LogP contribution < -0.4 is 5.32 Å². The van der Waals surface area contributed by atoms with Crippen LogP contribution in [0.25, 0.3) is 0 Å². The molecule has 0 aliphatic rings. The van der Waals surface area contributed by atoms with E-state index in [-0.39, 0.29) is 27.9 Å². The Bertz CT molecular complexity index is 644. The Morgan fingerprint density at radius 3 is 2.57 bits per heavy atom. The van der Waals surface area contributed by atoms with Crippen LogP contribution in [-0.2, 0) is 0 Å². The third-order valence-corrected chi connectivity index (χ3v) is 3.40. The summed E-state index contributed by atoms with van der Waals surface area (Å²) in [7, 11) is 0. The molecule has 3 nitrogen and oxygen atoms in total. The molecule has 1 unspecified atom stereocenters. The lowest BCUT2D eigenvalue weighted by atomic mass is 10.0. The van der Waals surface area contributed by atoms with Crippen LogP contribution in [0.1, 0.15) is 28.8 Å². The van der Waals surface area contributed by atoms with Crippen molar-refractivity contribution in [3.8, 4) is 0 Å². The number of carbonyl (C=O) groups excluding carboxylic acids is 1. The Labute approximate surface area is 132 Å². The average Bonchev–Trinajstić information content (AvgIpc) is 2.43. The maximum atomic E-state index is 13.2. The van der Waals surface area contributed by atoms with Gasteiger partial charge < -0.3 is 5.32 Å². The number of amides is 1. The molecule has 0 saturated carbocycles. The summed E-state index contributed by atoms with van der Waals surface area (Å²) < 4.78 is 13.2. The van der Waals surface area contributed by atoms with E-state index in [2.05, 4.69) is 10.3 Å². The molecule has 0 saturated heterocycles. The summed E-state index contributed by atoms with van der Waals surface area (Å²) in [6.45, 7) is 2.28. The fraction of sp³-hybridized carbons (Fsp3) is 0.200. The molecule has 1 aromatic carbocycles. The van der Waals surface area contributed by atoms with Gasteiger partial charge in [-0.25, -0.2) is 9.37 Å². The minimum atomic E-state index is -0.301. The molecule has 1 atom stereocenters. The Hall–Kier alpha value is -1.65. The fourth-order valence-electron chi connectivity index (χ4n) is 1.87. The maximum Gasteiger partial charge on any atom is 0.251 e. The number of nitrogens with one attached hydrogen (secondary N) is 1. The van der Waals surface area contributed by atoms with Crippen LogP contribution in [0.3, 0.4) is 0 Å². The first-order chi connectivity index (χ1) is 9.95. The third-order valence-electron chi connectivity index (χ3n) is 3.01. The summed E-state index contributed by atoms with van der Waals surface area (Å²) in [5.74, 6) is -0.611. The standard InChI is InChI=1S/C15H13Cl2FN2O/c1-9(10-3-2-4-12(18)5-10)8-19-15(21)11-6-13(16)20-14(17)7-11/h2-7,9H,8H2,1H3,(H,19,21). The van der Waals surface area contributed by atoms with E-state index >= 15 is 0 Å². The second kappa shape index (κ2) is 6.87. The first kappa shape index (κ1) is 15.7.